The first-order valence-corrected chi connectivity index (χ1v) is 13.1. The van der Waals surface area contributed by atoms with E-state index in [2.05, 4.69) is 27.3 Å². The average Bonchev–Trinajstić information content (AvgIpc) is 3.34. The molecule has 12 heteroatoms. The number of anilines is 2. The molecule has 1 fully saturated rings. The molecule has 212 valence electrons. The van der Waals surface area contributed by atoms with E-state index >= 15 is 0 Å². The first-order chi connectivity index (χ1) is 19.6. The Morgan fingerprint density at radius 2 is 1.80 bits per heavy atom. The first kappa shape index (κ1) is 27.8. The van der Waals surface area contributed by atoms with Crippen LogP contribution in [0.4, 0.5) is 24.5 Å². The summed E-state index contributed by atoms with van der Waals surface area (Å²) in [7, 11) is 0. The highest BCUT2D eigenvalue weighted by molar-refractivity contribution is 6.02. The van der Waals surface area contributed by atoms with Crippen LogP contribution in [0.1, 0.15) is 49.2 Å². The van der Waals surface area contributed by atoms with Crippen LogP contribution in [0.2, 0.25) is 0 Å². The Hall–Kier alpha value is -4.74. The first-order valence-electron chi connectivity index (χ1n) is 13.1. The molecule has 0 saturated heterocycles. The molecule has 4 aromatic rings. The van der Waals surface area contributed by atoms with Crippen molar-refractivity contribution in [3.63, 3.8) is 0 Å². The largest absolute Gasteiger partial charge is 0.416 e. The van der Waals surface area contributed by atoms with Gasteiger partial charge in [0.1, 0.15) is 6.54 Å². The van der Waals surface area contributed by atoms with E-state index in [1.165, 1.54) is 16.6 Å². The van der Waals surface area contributed by atoms with E-state index in [0.29, 0.717) is 29.2 Å². The van der Waals surface area contributed by atoms with Crippen LogP contribution in [0.5, 0.6) is 0 Å². The number of fused-ring (bicyclic) bond motifs is 1. The molecule has 0 aliphatic heterocycles. The van der Waals surface area contributed by atoms with Crippen LogP contribution in [0.15, 0.2) is 66.0 Å². The Bertz CT molecular complexity index is 1700. The van der Waals surface area contributed by atoms with Crippen molar-refractivity contribution in [1.29, 1.82) is 0 Å². The van der Waals surface area contributed by atoms with Crippen LogP contribution in [-0.4, -0.2) is 31.0 Å². The lowest BCUT2D eigenvalue weighted by atomic mass is 9.85. The number of aromatic nitrogens is 4. The molecule has 1 aliphatic rings. The van der Waals surface area contributed by atoms with E-state index in [1.807, 2.05) is 6.92 Å². The molecule has 0 unspecified atom stereocenters. The van der Waals surface area contributed by atoms with Crippen molar-refractivity contribution in [1.82, 2.24) is 19.2 Å². The predicted molar refractivity (Wildman–Crippen MR) is 148 cm³/mol. The summed E-state index contributed by atoms with van der Waals surface area (Å²) in [5.74, 6) is -0.181. The molecular formula is C29H27F3N6O3. The minimum atomic E-state index is -4.50. The maximum Gasteiger partial charge on any atom is 0.416 e. The highest BCUT2D eigenvalue weighted by atomic mass is 19.4. The number of carbonyl (C=O) groups is 2. The maximum atomic E-state index is 13.9. The number of rotatable bonds is 8. The quantitative estimate of drug-likeness (QED) is 0.287. The normalized spacial score (nSPS) is 13.6. The molecule has 5 rings (SSSR count). The summed E-state index contributed by atoms with van der Waals surface area (Å²) < 4.78 is 41.7. The number of para-hydroxylation sites is 1. The molecule has 1 saturated carbocycles. The molecule has 0 bridgehead atoms. The lowest BCUT2D eigenvalue weighted by Gasteiger charge is -2.21. The summed E-state index contributed by atoms with van der Waals surface area (Å²) in [4.78, 5) is 43.9. The Kier molecular flexibility index (Phi) is 7.48. The number of alkyl halides is 3. The smallest absolute Gasteiger partial charge is 0.325 e. The zero-order valence-electron chi connectivity index (χ0n) is 22.2. The number of halogens is 3. The zero-order valence-corrected chi connectivity index (χ0v) is 22.2. The van der Waals surface area contributed by atoms with Crippen LogP contribution in [0, 0.1) is 0 Å². The van der Waals surface area contributed by atoms with Crippen molar-refractivity contribution in [3.8, 4) is 11.1 Å². The third-order valence-corrected chi connectivity index (χ3v) is 7.11. The van der Waals surface area contributed by atoms with E-state index < -0.39 is 29.1 Å². The second-order valence-electron chi connectivity index (χ2n) is 9.74. The van der Waals surface area contributed by atoms with Gasteiger partial charge in [-0.05, 0) is 55.7 Å². The van der Waals surface area contributed by atoms with E-state index in [-0.39, 0.29) is 29.5 Å². The van der Waals surface area contributed by atoms with Crippen molar-refractivity contribution in [2.24, 2.45) is 0 Å². The van der Waals surface area contributed by atoms with Gasteiger partial charge in [-0.3, -0.25) is 14.4 Å². The van der Waals surface area contributed by atoms with Crippen LogP contribution in [0.3, 0.4) is 0 Å². The predicted octanol–water partition coefficient (Wildman–Crippen LogP) is 5.17. The highest BCUT2D eigenvalue weighted by Crippen LogP contribution is 2.35. The molecule has 0 radical (unpaired) electrons. The molecular weight excluding hydrogens is 537 g/mol. The van der Waals surface area contributed by atoms with Gasteiger partial charge in [-0.25, -0.2) is 0 Å². The molecule has 9 nitrogen and oxygen atoms in total. The van der Waals surface area contributed by atoms with Gasteiger partial charge in [-0.2, -0.15) is 22.7 Å². The number of hydrogen-bond acceptors (Lipinski definition) is 5. The fraction of sp³-hybridized carbons (Fsp3) is 0.276. The molecule has 0 atom stereocenters. The van der Waals surface area contributed by atoms with E-state index in [9.17, 15) is 27.6 Å². The third-order valence-electron chi connectivity index (χ3n) is 7.11. The molecule has 41 heavy (non-hydrogen) atoms. The number of amides is 2. The van der Waals surface area contributed by atoms with Gasteiger partial charge < -0.3 is 15.2 Å². The van der Waals surface area contributed by atoms with E-state index in [0.717, 1.165) is 37.5 Å². The molecule has 2 aromatic carbocycles. The number of nitrogens with zero attached hydrogens (tertiary/aromatic N) is 4. The Morgan fingerprint density at radius 3 is 2.41 bits per heavy atom. The van der Waals surface area contributed by atoms with Crippen molar-refractivity contribution >= 4 is 29.0 Å². The lowest BCUT2D eigenvalue weighted by Crippen LogP contribution is -2.29. The van der Waals surface area contributed by atoms with Crippen LogP contribution >= 0.6 is 0 Å². The fourth-order valence-electron chi connectivity index (χ4n) is 4.84. The summed E-state index contributed by atoms with van der Waals surface area (Å²) in [5, 5.41) is 9.87. The molecule has 2 N–H and O–H groups in total. The standard InChI is InChI=1S/C29H27F3N6O3/c1-3-22-25(20-10-5-6-11-21(20)34-23(39)4-2)27(41)38-28(35-26(36-38)17-8-7-9-17)37(22)16-24(40)33-19-14-12-18(13-15-19)29(30,31)32/h4-6,10-15,17H,2-3,7-9,16H2,1H3,(H,33,40)(H,34,39). The Labute approximate surface area is 232 Å². The van der Waals surface area contributed by atoms with Gasteiger partial charge in [0.25, 0.3) is 5.56 Å². The van der Waals surface area contributed by atoms with Gasteiger partial charge in [-0.15, -0.1) is 5.10 Å². The average molecular weight is 565 g/mol. The summed E-state index contributed by atoms with van der Waals surface area (Å²) in [6, 6.07) is 10.9. The summed E-state index contributed by atoms with van der Waals surface area (Å²) in [6.45, 7) is 5.02. The number of benzene rings is 2. The van der Waals surface area contributed by atoms with Gasteiger partial charge in [0.15, 0.2) is 5.82 Å². The third kappa shape index (κ3) is 5.49. The van der Waals surface area contributed by atoms with Gasteiger partial charge in [0, 0.05) is 28.6 Å². The summed E-state index contributed by atoms with van der Waals surface area (Å²) in [5.41, 5.74) is 0.449. The summed E-state index contributed by atoms with van der Waals surface area (Å²) in [6.07, 6.45) is -0.241. The minimum Gasteiger partial charge on any atom is -0.325 e. The van der Waals surface area contributed by atoms with Crippen molar-refractivity contribution < 1.29 is 22.8 Å². The zero-order chi connectivity index (χ0) is 29.3. The SMILES string of the molecule is C=CC(=O)Nc1ccccc1-c1c(CC)n(CC(=O)Nc2ccc(C(F)(F)F)cc2)c2nc(C3CCC3)nn2c1=O. The van der Waals surface area contributed by atoms with E-state index in [1.54, 1.807) is 28.8 Å². The summed E-state index contributed by atoms with van der Waals surface area (Å²) >= 11 is 0. The van der Waals surface area contributed by atoms with E-state index in [4.69, 9.17) is 0 Å². The van der Waals surface area contributed by atoms with Gasteiger partial charge in [0.05, 0.1) is 11.1 Å². The lowest BCUT2D eigenvalue weighted by molar-refractivity contribution is -0.137. The minimum absolute atomic E-state index is 0.108. The Morgan fingerprint density at radius 1 is 1.10 bits per heavy atom. The molecule has 0 spiro atoms. The monoisotopic (exact) mass is 564 g/mol. The second-order valence-corrected chi connectivity index (χ2v) is 9.74. The van der Waals surface area contributed by atoms with Crippen molar-refractivity contribution in [2.75, 3.05) is 10.6 Å². The van der Waals surface area contributed by atoms with Crippen LogP contribution < -0.4 is 16.2 Å². The second kappa shape index (κ2) is 11.0. The van der Waals surface area contributed by atoms with Crippen LogP contribution in [0.25, 0.3) is 16.9 Å². The van der Waals surface area contributed by atoms with Crippen LogP contribution in [-0.2, 0) is 28.7 Å². The molecule has 1 aliphatic carbocycles. The number of hydrogen-bond donors (Lipinski definition) is 2. The number of nitrogens with one attached hydrogen (secondary N) is 2. The Balaban J connectivity index is 1.62. The highest BCUT2D eigenvalue weighted by Gasteiger charge is 2.30. The topological polar surface area (TPSA) is 110 Å². The fourth-order valence-corrected chi connectivity index (χ4v) is 4.84. The molecule has 2 aromatic heterocycles. The van der Waals surface area contributed by atoms with Gasteiger partial charge in [-0.1, -0.05) is 38.1 Å². The van der Waals surface area contributed by atoms with Gasteiger partial charge >= 0.3 is 6.18 Å². The molecule has 2 amide bonds. The number of carbonyl (C=O) groups excluding carboxylic acids is 2. The molecule has 2 heterocycles. The maximum absolute atomic E-state index is 13.9. The van der Waals surface area contributed by atoms with Crippen molar-refractivity contribution in [2.45, 2.75) is 51.2 Å². The van der Waals surface area contributed by atoms with Crippen molar-refractivity contribution in [3.05, 3.63) is 88.6 Å². The van der Waals surface area contributed by atoms with Gasteiger partial charge in [0.2, 0.25) is 17.6 Å².